The van der Waals surface area contributed by atoms with Crippen molar-refractivity contribution in [3.63, 3.8) is 0 Å². The molecule has 0 fully saturated rings. The van der Waals surface area contributed by atoms with Gasteiger partial charge in [-0.05, 0) is 42.7 Å². The second-order valence-corrected chi connectivity index (χ2v) is 7.68. The van der Waals surface area contributed by atoms with Crippen molar-refractivity contribution in [3.8, 4) is 17.2 Å². The van der Waals surface area contributed by atoms with Gasteiger partial charge in [0.25, 0.3) is 0 Å². The van der Waals surface area contributed by atoms with Gasteiger partial charge in [0.15, 0.2) is 18.1 Å². The molecule has 1 heterocycles. The first-order valence-corrected chi connectivity index (χ1v) is 9.67. The van der Waals surface area contributed by atoms with Crippen molar-refractivity contribution in [1.82, 2.24) is 4.72 Å². The maximum Gasteiger partial charge on any atom is 0.341 e. The molecule has 0 unspecified atom stereocenters. The summed E-state index contributed by atoms with van der Waals surface area (Å²) in [5, 5.41) is 8.58. The normalized spacial score (nSPS) is 12.8. The number of aryl methyl sites for hydroxylation is 1. The number of carbonyl (C=O) groups is 1. The molecule has 3 rings (SSSR count). The van der Waals surface area contributed by atoms with E-state index in [1.54, 1.807) is 37.3 Å². The zero-order valence-electron chi connectivity index (χ0n) is 14.6. The van der Waals surface area contributed by atoms with E-state index in [0.29, 0.717) is 29.2 Å². The van der Waals surface area contributed by atoms with Crippen LogP contribution in [-0.2, 0) is 21.2 Å². The Balaban J connectivity index is 1.59. The molecule has 0 bridgehead atoms. The number of ether oxygens (including phenoxy) is 3. The topological polar surface area (TPSA) is 111 Å². The van der Waals surface area contributed by atoms with Crippen molar-refractivity contribution >= 4 is 16.0 Å². The number of fused-ring (bicyclic) bond motifs is 1. The molecule has 8 nitrogen and oxygen atoms in total. The fourth-order valence-corrected chi connectivity index (χ4v) is 3.89. The predicted molar refractivity (Wildman–Crippen MR) is 95.8 cm³/mol. The summed E-state index contributed by atoms with van der Waals surface area (Å²) in [6.45, 7) is 1.59. The molecule has 0 atom stereocenters. The van der Waals surface area contributed by atoms with Crippen LogP contribution in [-0.4, -0.2) is 39.4 Å². The Morgan fingerprint density at radius 3 is 2.52 bits per heavy atom. The smallest absolute Gasteiger partial charge is 0.341 e. The molecule has 0 saturated heterocycles. The van der Waals surface area contributed by atoms with E-state index >= 15 is 0 Å². The number of benzene rings is 2. The molecule has 0 radical (unpaired) electrons. The van der Waals surface area contributed by atoms with Crippen LogP contribution in [0, 0.1) is 6.92 Å². The highest BCUT2D eigenvalue weighted by atomic mass is 32.2. The van der Waals surface area contributed by atoms with E-state index in [-0.39, 0.29) is 18.2 Å². The number of hydrogen-bond donors (Lipinski definition) is 2. The van der Waals surface area contributed by atoms with E-state index in [4.69, 9.17) is 19.3 Å². The fraction of sp³-hybridized carbons (Fsp3) is 0.278. The lowest BCUT2D eigenvalue weighted by Gasteiger charge is -2.11. The van der Waals surface area contributed by atoms with Gasteiger partial charge >= 0.3 is 5.97 Å². The summed E-state index contributed by atoms with van der Waals surface area (Å²) in [4.78, 5) is 10.6. The van der Waals surface area contributed by atoms with Crippen molar-refractivity contribution in [3.05, 3.63) is 47.5 Å². The summed E-state index contributed by atoms with van der Waals surface area (Å²) >= 11 is 0. The highest BCUT2D eigenvalue weighted by molar-refractivity contribution is 7.89. The van der Waals surface area contributed by atoms with Gasteiger partial charge in [-0.15, -0.1) is 0 Å². The quantitative estimate of drug-likeness (QED) is 0.702. The van der Waals surface area contributed by atoms with Gasteiger partial charge in [0.1, 0.15) is 5.75 Å². The SMILES string of the molecule is Cc1cc2c(cc1S(=O)(=O)NCCc1ccc(OCC(=O)O)cc1)OCO2. The Bertz CT molecular complexity index is 939. The molecule has 0 aromatic heterocycles. The van der Waals surface area contributed by atoms with E-state index in [1.807, 2.05) is 0 Å². The average molecular weight is 393 g/mol. The zero-order chi connectivity index (χ0) is 19.4. The van der Waals surface area contributed by atoms with Gasteiger partial charge in [-0.2, -0.15) is 0 Å². The minimum Gasteiger partial charge on any atom is -0.482 e. The van der Waals surface area contributed by atoms with Crippen molar-refractivity contribution in [2.24, 2.45) is 0 Å². The maximum atomic E-state index is 12.6. The summed E-state index contributed by atoms with van der Waals surface area (Å²) < 4.78 is 43.3. The van der Waals surface area contributed by atoms with Crippen molar-refractivity contribution < 1.29 is 32.5 Å². The Morgan fingerprint density at radius 1 is 1.19 bits per heavy atom. The van der Waals surface area contributed by atoms with Crippen LogP contribution in [0.2, 0.25) is 0 Å². The van der Waals surface area contributed by atoms with Gasteiger partial charge in [-0.1, -0.05) is 12.1 Å². The van der Waals surface area contributed by atoms with Crippen LogP contribution in [0.1, 0.15) is 11.1 Å². The summed E-state index contributed by atoms with van der Waals surface area (Å²) in [5.74, 6) is 0.347. The van der Waals surface area contributed by atoms with Crippen LogP contribution in [0.5, 0.6) is 17.2 Å². The van der Waals surface area contributed by atoms with Gasteiger partial charge in [0.05, 0.1) is 4.90 Å². The van der Waals surface area contributed by atoms with Crippen LogP contribution >= 0.6 is 0 Å². The zero-order valence-corrected chi connectivity index (χ0v) is 15.4. The van der Waals surface area contributed by atoms with Crippen LogP contribution in [0.4, 0.5) is 0 Å². The first-order chi connectivity index (χ1) is 12.8. The molecule has 2 aromatic carbocycles. The Hall–Kier alpha value is -2.78. The minimum absolute atomic E-state index is 0.0812. The minimum atomic E-state index is -3.68. The average Bonchev–Trinajstić information content (AvgIpc) is 3.07. The van der Waals surface area contributed by atoms with Crippen LogP contribution < -0.4 is 18.9 Å². The molecule has 0 spiro atoms. The van der Waals surface area contributed by atoms with Crippen LogP contribution in [0.3, 0.4) is 0 Å². The largest absolute Gasteiger partial charge is 0.482 e. The first-order valence-electron chi connectivity index (χ1n) is 8.18. The van der Waals surface area contributed by atoms with Crippen LogP contribution in [0.15, 0.2) is 41.3 Å². The molecule has 1 aliphatic heterocycles. The molecule has 27 heavy (non-hydrogen) atoms. The lowest BCUT2D eigenvalue weighted by molar-refractivity contribution is -0.139. The molecule has 2 aromatic rings. The standard InChI is InChI=1S/C18H19NO7S/c1-12-8-15-16(26-11-25-15)9-17(12)27(22,23)19-7-6-13-2-4-14(5-3-13)24-10-18(20)21/h2-5,8-9,19H,6-7,10-11H2,1H3,(H,20,21). The predicted octanol–water partition coefficient (Wildman–Crippen LogP) is 1.71. The Kier molecular flexibility index (Phi) is 5.52. The Labute approximate surface area is 156 Å². The number of nitrogens with one attached hydrogen (secondary N) is 1. The molecule has 1 aliphatic rings. The summed E-state index contributed by atoms with van der Waals surface area (Å²) in [6, 6.07) is 9.93. The van der Waals surface area contributed by atoms with Crippen molar-refractivity contribution in [2.45, 2.75) is 18.2 Å². The summed E-state index contributed by atoms with van der Waals surface area (Å²) in [6.07, 6.45) is 0.474. The lowest BCUT2D eigenvalue weighted by Crippen LogP contribution is -2.26. The molecule has 0 amide bonds. The molecule has 144 valence electrons. The number of rotatable bonds is 8. The van der Waals surface area contributed by atoms with Gasteiger partial charge in [0.2, 0.25) is 16.8 Å². The lowest BCUT2D eigenvalue weighted by atomic mass is 10.1. The molecular weight excluding hydrogens is 374 g/mol. The fourth-order valence-electron chi connectivity index (χ4n) is 2.62. The number of carboxylic acid groups (broad SMARTS) is 1. The molecule has 0 aliphatic carbocycles. The Morgan fingerprint density at radius 2 is 1.85 bits per heavy atom. The summed E-state index contributed by atoms with van der Waals surface area (Å²) in [5.41, 5.74) is 1.47. The third-order valence-corrected chi connectivity index (χ3v) is 5.55. The van der Waals surface area contributed by atoms with Gasteiger partial charge in [0, 0.05) is 12.6 Å². The second-order valence-electron chi connectivity index (χ2n) is 5.95. The number of carboxylic acids is 1. The van der Waals surface area contributed by atoms with Gasteiger partial charge in [-0.3, -0.25) is 0 Å². The van der Waals surface area contributed by atoms with Crippen molar-refractivity contribution in [1.29, 1.82) is 0 Å². The third-order valence-electron chi connectivity index (χ3n) is 3.95. The molecule has 9 heteroatoms. The molecule has 0 saturated carbocycles. The number of aliphatic carboxylic acids is 1. The van der Waals surface area contributed by atoms with E-state index in [9.17, 15) is 13.2 Å². The maximum absolute atomic E-state index is 12.6. The van der Waals surface area contributed by atoms with E-state index in [1.165, 1.54) is 6.07 Å². The number of sulfonamides is 1. The van der Waals surface area contributed by atoms with Gasteiger partial charge < -0.3 is 19.3 Å². The third kappa shape index (κ3) is 4.69. The highest BCUT2D eigenvalue weighted by Gasteiger charge is 2.22. The van der Waals surface area contributed by atoms with E-state index in [0.717, 1.165) is 5.56 Å². The molecular formula is C18H19NO7S. The first kappa shape index (κ1) is 19.0. The van der Waals surface area contributed by atoms with Crippen molar-refractivity contribution in [2.75, 3.05) is 19.9 Å². The van der Waals surface area contributed by atoms with E-state index < -0.39 is 22.6 Å². The number of hydrogen-bond acceptors (Lipinski definition) is 6. The second kappa shape index (κ2) is 7.85. The molecule has 2 N–H and O–H groups in total. The van der Waals surface area contributed by atoms with Crippen LogP contribution in [0.25, 0.3) is 0 Å². The monoisotopic (exact) mass is 393 g/mol. The summed E-state index contributed by atoms with van der Waals surface area (Å²) in [7, 11) is -3.68. The highest BCUT2D eigenvalue weighted by Crippen LogP contribution is 2.36. The van der Waals surface area contributed by atoms with Gasteiger partial charge in [-0.25, -0.2) is 17.9 Å². The van der Waals surface area contributed by atoms with E-state index in [2.05, 4.69) is 4.72 Å².